The zero-order valence-corrected chi connectivity index (χ0v) is 10.2. The van der Waals surface area contributed by atoms with Gasteiger partial charge in [0.15, 0.2) is 0 Å². The highest BCUT2D eigenvalue weighted by atomic mass is 15.2. The number of nitrogens with zero attached hydrogens (tertiary/aromatic N) is 1. The maximum Gasteiger partial charge on any atom is 0.0333 e. The molecule has 0 radical (unpaired) electrons. The van der Waals surface area contributed by atoms with Crippen LogP contribution in [0.25, 0.3) is 0 Å². The van der Waals surface area contributed by atoms with E-state index in [1.54, 1.807) is 0 Å². The first kappa shape index (κ1) is 12.0. The third-order valence-corrected chi connectivity index (χ3v) is 3.05. The first-order valence-corrected chi connectivity index (χ1v) is 5.95. The quantitative estimate of drug-likeness (QED) is 0.708. The van der Waals surface area contributed by atoms with Gasteiger partial charge in [-0.3, -0.25) is 4.90 Å². The van der Waals surface area contributed by atoms with Gasteiger partial charge < -0.3 is 5.73 Å². The predicted octanol–water partition coefficient (Wildman–Crippen LogP) is 2.09. The summed E-state index contributed by atoms with van der Waals surface area (Å²) in [7, 11) is 0. The molecule has 0 atom stereocenters. The summed E-state index contributed by atoms with van der Waals surface area (Å²) in [6.45, 7) is 12.4. The van der Waals surface area contributed by atoms with Gasteiger partial charge in [0.25, 0.3) is 0 Å². The first-order chi connectivity index (χ1) is 6.50. The van der Waals surface area contributed by atoms with E-state index in [9.17, 15) is 0 Å². The van der Waals surface area contributed by atoms with Crippen LogP contribution < -0.4 is 5.73 Å². The van der Waals surface area contributed by atoms with Gasteiger partial charge in [-0.1, -0.05) is 27.7 Å². The first-order valence-electron chi connectivity index (χ1n) is 5.95. The van der Waals surface area contributed by atoms with Crippen molar-refractivity contribution >= 4 is 0 Å². The molecular weight excluding hydrogens is 172 g/mol. The van der Waals surface area contributed by atoms with Gasteiger partial charge >= 0.3 is 0 Å². The van der Waals surface area contributed by atoms with Crippen molar-refractivity contribution in [2.24, 2.45) is 17.6 Å². The molecule has 0 aromatic heterocycles. The Balaban J connectivity index is 2.52. The topological polar surface area (TPSA) is 29.3 Å². The van der Waals surface area contributed by atoms with E-state index >= 15 is 0 Å². The van der Waals surface area contributed by atoms with Crippen molar-refractivity contribution in [3.05, 3.63) is 0 Å². The summed E-state index contributed by atoms with van der Waals surface area (Å²) in [6, 6.07) is 0. The van der Waals surface area contributed by atoms with Crippen LogP contribution in [0, 0.1) is 11.8 Å². The van der Waals surface area contributed by atoms with Crippen LogP contribution in [0.3, 0.4) is 0 Å². The van der Waals surface area contributed by atoms with E-state index in [1.807, 2.05) is 0 Å². The zero-order valence-electron chi connectivity index (χ0n) is 10.2. The van der Waals surface area contributed by atoms with Crippen LogP contribution in [-0.2, 0) is 0 Å². The zero-order chi connectivity index (χ0) is 10.8. The van der Waals surface area contributed by atoms with Crippen molar-refractivity contribution in [2.45, 2.75) is 46.1 Å². The molecule has 1 aliphatic rings. The highest BCUT2D eigenvalue weighted by Crippen LogP contribution is 2.41. The maximum atomic E-state index is 5.88. The number of hydrogen-bond acceptors (Lipinski definition) is 2. The normalized spacial score (nSPS) is 19.7. The van der Waals surface area contributed by atoms with Gasteiger partial charge in [0.05, 0.1) is 0 Å². The Kier molecular flexibility index (Phi) is 3.96. The van der Waals surface area contributed by atoms with E-state index < -0.39 is 0 Å². The molecule has 14 heavy (non-hydrogen) atoms. The third kappa shape index (κ3) is 2.96. The Morgan fingerprint density at radius 3 is 1.71 bits per heavy atom. The molecule has 0 aliphatic heterocycles. The van der Waals surface area contributed by atoms with Gasteiger partial charge in [0.1, 0.15) is 0 Å². The van der Waals surface area contributed by atoms with Crippen molar-refractivity contribution in [1.82, 2.24) is 4.90 Å². The molecule has 2 heteroatoms. The summed E-state index contributed by atoms with van der Waals surface area (Å²) < 4.78 is 0. The molecule has 0 aromatic rings. The second kappa shape index (κ2) is 4.63. The fourth-order valence-corrected chi connectivity index (χ4v) is 2.14. The van der Waals surface area contributed by atoms with Crippen molar-refractivity contribution < 1.29 is 0 Å². The second-order valence-corrected chi connectivity index (χ2v) is 5.62. The molecule has 2 nitrogen and oxygen atoms in total. The molecule has 84 valence electrons. The van der Waals surface area contributed by atoms with Crippen molar-refractivity contribution in [3.8, 4) is 0 Å². The van der Waals surface area contributed by atoms with E-state index in [0.29, 0.717) is 5.54 Å². The van der Waals surface area contributed by atoms with Crippen LogP contribution in [0.4, 0.5) is 0 Å². The molecular formula is C12H26N2. The molecule has 1 aliphatic carbocycles. The molecule has 0 spiro atoms. The van der Waals surface area contributed by atoms with Crippen LogP contribution in [0.1, 0.15) is 40.5 Å². The standard InChI is InChI=1S/C12H26N2/c1-10(2)7-14(8-11(3)4)12(9-13)5-6-12/h10-11H,5-9,13H2,1-4H3. The van der Waals surface area contributed by atoms with Crippen LogP contribution in [0.2, 0.25) is 0 Å². The Labute approximate surface area is 88.8 Å². The fourth-order valence-electron chi connectivity index (χ4n) is 2.14. The summed E-state index contributed by atoms with van der Waals surface area (Å²) >= 11 is 0. The van der Waals surface area contributed by atoms with Crippen molar-refractivity contribution in [1.29, 1.82) is 0 Å². The Morgan fingerprint density at radius 2 is 1.50 bits per heavy atom. The van der Waals surface area contributed by atoms with Gasteiger partial charge in [-0.2, -0.15) is 0 Å². The highest BCUT2D eigenvalue weighted by molar-refractivity contribution is 5.04. The summed E-state index contributed by atoms with van der Waals surface area (Å²) in [4.78, 5) is 2.63. The minimum atomic E-state index is 0.383. The van der Waals surface area contributed by atoms with E-state index in [-0.39, 0.29) is 0 Å². The lowest BCUT2D eigenvalue weighted by Gasteiger charge is -2.34. The molecule has 0 heterocycles. The van der Waals surface area contributed by atoms with Gasteiger partial charge in [0, 0.05) is 25.2 Å². The van der Waals surface area contributed by atoms with Crippen molar-refractivity contribution in [3.63, 3.8) is 0 Å². The average Bonchev–Trinajstić information content (AvgIpc) is 2.81. The maximum absolute atomic E-state index is 5.88. The van der Waals surface area contributed by atoms with Crippen LogP contribution in [0.5, 0.6) is 0 Å². The number of hydrogen-bond donors (Lipinski definition) is 1. The molecule has 1 saturated carbocycles. The van der Waals surface area contributed by atoms with E-state index in [4.69, 9.17) is 5.73 Å². The van der Waals surface area contributed by atoms with E-state index in [1.165, 1.54) is 25.9 Å². The third-order valence-electron chi connectivity index (χ3n) is 3.05. The number of nitrogens with two attached hydrogens (primary N) is 1. The summed E-state index contributed by atoms with van der Waals surface area (Å²) in [5, 5.41) is 0. The molecule has 2 N–H and O–H groups in total. The monoisotopic (exact) mass is 198 g/mol. The minimum Gasteiger partial charge on any atom is -0.329 e. The molecule has 0 unspecified atom stereocenters. The summed E-state index contributed by atoms with van der Waals surface area (Å²) in [5.74, 6) is 1.50. The molecule has 0 bridgehead atoms. The average molecular weight is 198 g/mol. The Hall–Kier alpha value is -0.0800. The van der Waals surface area contributed by atoms with Crippen LogP contribution >= 0.6 is 0 Å². The predicted molar refractivity (Wildman–Crippen MR) is 62.3 cm³/mol. The van der Waals surface area contributed by atoms with Gasteiger partial charge in [-0.25, -0.2) is 0 Å². The SMILES string of the molecule is CC(C)CN(CC(C)C)C1(CN)CC1. The Bertz CT molecular complexity index is 161. The highest BCUT2D eigenvalue weighted by Gasteiger charge is 2.46. The molecule has 0 aromatic carbocycles. The lowest BCUT2D eigenvalue weighted by atomic mass is 10.1. The molecule has 1 rings (SSSR count). The lowest BCUT2D eigenvalue weighted by Crippen LogP contribution is -2.46. The largest absolute Gasteiger partial charge is 0.329 e. The molecule has 0 saturated heterocycles. The lowest BCUT2D eigenvalue weighted by molar-refractivity contribution is 0.143. The fraction of sp³-hybridized carbons (Fsp3) is 1.00. The van der Waals surface area contributed by atoms with Crippen LogP contribution in [-0.4, -0.2) is 30.1 Å². The van der Waals surface area contributed by atoms with Crippen molar-refractivity contribution in [2.75, 3.05) is 19.6 Å². The van der Waals surface area contributed by atoms with Gasteiger partial charge in [0.2, 0.25) is 0 Å². The Morgan fingerprint density at radius 1 is 1.07 bits per heavy atom. The molecule has 0 amide bonds. The smallest absolute Gasteiger partial charge is 0.0333 e. The van der Waals surface area contributed by atoms with Crippen LogP contribution in [0.15, 0.2) is 0 Å². The summed E-state index contributed by atoms with van der Waals surface area (Å²) in [6.07, 6.45) is 2.62. The molecule has 1 fully saturated rings. The summed E-state index contributed by atoms with van der Waals surface area (Å²) in [5.41, 5.74) is 6.26. The van der Waals surface area contributed by atoms with E-state index in [0.717, 1.165) is 18.4 Å². The minimum absolute atomic E-state index is 0.383. The second-order valence-electron chi connectivity index (χ2n) is 5.62. The van der Waals surface area contributed by atoms with E-state index in [2.05, 4.69) is 32.6 Å². The number of rotatable bonds is 6. The van der Waals surface area contributed by atoms with Gasteiger partial charge in [-0.05, 0) is 24.7 Å². The van der Waals surface area contributed by atoms with Gasteiger partial charge in [-0.15, -0.1) is 0 Å².